The molecule has 0 aromatic heterocycles. The summed E-state index contributed by atoms with van der Waals surface area (Å²) in [5.74, 6) is -0.126. The predicted octanol–water partition coefficient (Wildman–Crippen LogP) is 1.73. The van der Waals surface area contributed by atoms with E-state index in [9.17, 15) is 4.79 Å². The number of rotatable bonds is 7. The lowest BCUT2D eigenvalue weighted by Gasteiger charge is -2.52. The summed E-state index contributed by atoms with van der Waals surface area (Å²) in [6, 6.07) is 0.438. The molecule has 0 heterocycles. The second kappa shape index (κ2) is 6.36. The van der Waals surface area contributed by atoms with Gasteiger partial charge in [0.15, 0.2) is 0 Å². The van der Waals surface area contributed by atoms with Gasteiger partial charge >= 0.3 is 5.97 Å². The zero-order valence-corrected chi connectivity index (χ0v) is 11.4. The van der Waals surface area contributed by atoms with E-state index in [2.05, 4.69) is 19.2 Å². The molecule has 0 aliphatic heterocycles. The van der Waals surface area contributed by atoms with Gasteiger partial charge in [0.05, 0.1) is 19.1 Å². The van der Waals surface area contributed by atoms with Gasteiger partial charge in [0.1, 0.15) is 0 Å². The number of ether oxygens (including phenoxy) is 2. The van der Waals surface area contributed by atoms with Crippen molar-refractivity contribution in [1.29, 1.82) is 0 Å². The molecule has 0 aromatic rings. The van der Waals surface area contributed by atoms with Crippen LogP contribution in [0, 0.1) is 5.41 Å². The van der Waals surface area contributed by atoms with Crippen molar-refractivity contribution in [3.63, 3.8) is 0 Å². The van der Waals surface area contributed by atoms with Gasteiger partial charge in [-0.2, -0.15) is 0 Å². The number of carbonyl (C=O) groups excluding carboxylic acids is 1. The van der Waals surface area contributed by atoms with Crippen molar-refractivity contribution in [2.45, 2.75) is 52.7 Å². The van der Waals surface area contributed by atoms with Crippen LogP contribution in [0.2, 0.25) is 0 Å². The van der Waals surface area contributed by atoms with Crippen molar-refractivity contribution >= 4 is 5.97 Å². The van der Waals surface area contributed by atoms with Crippen molar-refractivity contribution in [3.8, 4) is 0 Å². The molecule has 0 amide bonds. The molecule has 1 aliphatic rings. The van der Waals surface area contributed by atoms with Gasteiger partial charge in [0.25, 0.3) is 0 Å². The minimum Gasteiger partial charge on any atom is -0.466 e. The highest BCUT2D eigenvalue weighted by atomic mass is 16.5. The van der Waals surface area contributed by atoms with Crippen LogP contribution in [0.4, 0.5) is 0 Å². The molecule has 1 aliphatic carbocycles. The lowest BCUT2D eigenvalue weighted by molar-refractivity contribution is -0.143. The standard InChI is InChI=1S/C13H25NO3/c1-5-16-11-9-10(13(11,3)4)14-8-7-12(15)17-6-2/h10-11,14H,5-9H2,1-4H3. The van der Waals surface area contributed by atoms with Crippen LogP contribution in [-0.4, -0.2) is 37.9 Å². The lowest BCUT2D eigenvalue weighted by Crippen LogP contribution is -2.61. The normalized spacial score (nSPS) is 26.4. The highest BCUT2D eigenvalue weighted by Crippen LogP contribution is 2.42. The van der Waals surface area contributed by atoms with Gasteiger partial charge in [0, 0.05) is 24.6 Å². The van der Waals surface area contributed by atoms with Gasteiger partial charge in [0.2, 0.25) is 0 Å². The Balaban J connectivity index is 2.20. The first-order chi connectivity index (χ1) is 8.02. The summed E-state index contributed by atoms with van der Waals surface area (Å²) in [7, 11) is 0. The van der Waals surface area contributed by atoms with Crippen molar-refractivity contribution < 1.29 is 14.3 Å². The maximum absolute atomic E-state index is 11.2. The molecule has 0 spiro atoms. The van der Waals surface area contributed by atoms with Crippen LogP contribution in [0.15, 0.2) is 0 Å². The summed E-state index contributed by atoms with van der Waals surface area (Å²) in [6.07, 6.45) is 1.82. The Morgan fingerprint density at radius 2 is 2.06 bits per heavy atom. The van der Waals surface area contributed by atoms with Gasteiger partial charge in [-0.05, 0) is 20.3 Å². The minimum atomic E-state index is -0.126. The predicted molar refractivity (Wildman–Crippen MR) is 66.9 cm³/mol. The van der Waals surface area contributed by atoms with Crippen LogP contribution in [-0.2, 0) is 14.3 Å². The summed E-state index contributed by atoms with van der Waals surface area (Å²) in [5.41, 5.74) is 0.157. The Morgan fingerprint density at radius 1 is 1.35 bits per heavy atom. The molecule has 2 atom stereocenters. The fourth-order valence-corrected chi connectivity index (χ4v) is 2.30. The van der Waals surface area contributed by atoms with E-state index < -0.39 is 0 Å². The molecule has 1 saturated carbocycles. The summed E-state index contributed by atoms with van der Waals surface area (Å²) >= 11 is 0. The third-order valence-corrected chi connectivity index (χ3v) is 3.57. The molecule has 1 N–H and O–H groups in total. The first-order valence-corrected chi connectivity index (χ1v) is 6.53. The fraction of sp³-hybridized carbons (Fsp3) is 0.923. The number of esters is 1. The van der Waals surface area contributed by atoms with Crippen molar-refractivity contribution in [3.05, 3.63) is 0 Å². The van der Waals surface area contributed by atoms with E-state index in [1.807, 2.05) is 13.8 Å². The monoisotopic (exact) mass is 243 g/mol. The first kappa shape index (κ1) is 14.5. The number of hydrogen-bond donors (Lipinski definition) is 1. The van der Waals surface area contributed by atoms with Crippen molar-refractivity contribution in [1.82, 2.24) is 5.32 Å². The van der Waals surface area contributed by atoms with E-state index in [-0.39, 0.29) is 11.4 Å². The molecule has 0 saturated heterocycles. The molecule has 0 radical (unpaired) electrons. The summed E-state index contributed by atoms with van der Waals surface area (Å²) in [4.78, 5) is 11.2. The first-order valence-electron chi connectivity index (χ1n) is 6.53. The highest BCUT2D eigenvalue weighted by molar-refractivity contribution is 5.69. The van der Waals surface area contributed by atoms with Crippen LogP contribution in [0.25, 0.3) is 0 Å². The van der Waals surface area contributed by atoms with Gasteiger partial charge < -0.3 is 14.8 Å². The van der Waals surface area contributed by atoms with E-state index in [4.69, 9.17) is 9.47 Å². The molecule has 1 rings (SSSR count). The lowest BCUT2D eigenvalue weighted by atomic mass is 9.64. The van der Waals surface area contributed by atoms with Gasteiger partial charge in [-0.3, -0.25) is 4.79 Å². The van der Waals surface area contributed by atoms with Gasteiger partial charge in [-0.1, -0.05) is 13.8 Å². The van der Waals surface area contributed by atoms with E-state index >= 15 is 0 Å². The minimum absolute atomic E-state index is 0.126. The van der Waals surface area contributed by atoms with E-state index in [0.717, 1.165) is 13.0 Å². The van der Waals surface area contributed by atoms with Crippen LogP contribution in [0.5, 0.6) is 0 Å². The summed E-state index contributed by atoms with van der Waals surface area (Å²) in [6.45, 7) is 10.2. The Morgan fingerprint density at radius 3 is 2.59 bits per heavy atom. The Bertz CT molecular complexity index is 253. The average molecular weight is 243 g/mol. The molecular weight excluding hydrogens is 218 g/mol. The third kappa shape index (κ3) is 3.68. The topological polar surface area (TPSA) is 47.6 Å². The molecule has 4 heteroatoms. The molecule has 1 fully saturated rings. The Labute approximate surface area is 104 Å². The van der Waals surface area contributed by atoms with Crippen molar-refractivity contribution in [2.24, 2.45) is 5.41 Å². The highest BCUT2D eigenvalue weighted by Gasteiger charge is 2.48. The van der Waals surface area contributed by atoms with E-state index in [1.54, 1.807) is 0 Å². The molecule has 0 aromatic carbocycles. The Kier molecular flexibility index (Phi) is 5.40. The largest absolute Gasteiger partial charge is 0.466 e. The van der Waals surface area contributed by atoms with Crippen LogP contribution >= 0.6 is 0 Å². The summed E-state index contributed by atoms with van der Waals surface area (Å²) < 4.78 is 10.5. The van der Waals surface area contributed by atoms with E-state index in [0.29, 0.717) is 31.7 Å². The molecule has 17 heavy (non-hydrogen) atoms. The smallest absolute Gasteiger partial charge is 0.307 e. The average Bonchev–Trinajstić information content (AvgIpc) is 2.27. The van der Waals surface area contributed by atoms with Crippen molar-refractivity contribution in [2.75, 3.05) is 19.8 Å². The van der Waals surface area contributed by atoms with E-state index in [1.165, 1.54) is 0 Å². The number of nitrogens with one attached hydrogen (secondary N) is 1. The van der Waals surface area contributed by atoms with Gasteiger partial charge in [-0.15, -0.1) is 0 Å². The SMILES string of the molecule is CCOC(=O)CCNC1CC(OCC)C1(C)C. The molecule has 0 bridgehead atoms. The molecule has 2 unspecified atom stereocenters. The quantitative estimate of drug-likeness (QED) is 0.692. The molecule has 100 valence electrons. The van der Waals surface area contributed by atoms with Crippen LogP contribution < -0.4 is 5.32 Å². The summed E-state index contributed by atoms with van der Waals surface area (Å²) in [5, 5.41) is 3.41. The second-order valence-electron chi connectivity index (χ2n) is 5.06. The zero-order valence-electron chi connectivity index (χ0n) is 11.4. The maximum Gasteiger partial charge on any atom is 0.307 e. The second-order valence-corrected chi connectivity index (χ2v) is 5.06. The Hall–Kier alpha value is -0.610. The van der Waals surface area contributed by atoms with Gasteiger partial charge in [-0.25, -0.2) is 0 Å². The number of hydrogen-bond acceptors (Lipinski definition) is 4. The maximum atomic E-state index is 11.2. The van der Waals surface area contributed by atoms with Crippen LogP contribution in [0.3, 0.4) is 0 Å². The fourth-order valence-electron chi connectivity index (χ4n) is 2.30. The molecular formula is C13H25NO3. The molecule has 4 nitrogen and oxygen atoms in total. The van der Waals surface area contributed by atoms with Crippen LogP contribution in [0.1, 0.15) is 40.5 Å². The number of carbonyl (C=O) groups is 1. The third-order valence-electron chi connectivity index (χ3n) is 3.57. The zero-order chi connectivity index (χ0) is 12.9.